The Balaban J connectivity index is 2.29. The van der Waals surface area contributed by atoms with Gasteiger partial charge in [-0.15, -0.1) is 0 Å². The van der Waals surface area contributed by atoms with Crippen LogP contribution in [0.15, 0.2) is 54.1 Å². The molecule has 1 aliphatic rings. The second kappa shape index (κ2) is 3.22. The molecule has 1 radical (unpaired) electrons. The molecule has 0 heterocycles. The average Bonchev–Trinajstić information content (AvgIpc) is 2.59. The van der Waals surface area contributed by atoms with Gasteiger partial charge in [0.25, 0.3) is 0 Å². The van der Waals surface area contributed by atoms with Crippen LogP contribution in [-0.2, 0) is 0 Å². The maximum Gasteiger partial charge on any atom is -0.0105 e. The van der Waals surface area contributed by atoms with Crippen molar-refractivity contribution in [2.24, 2.45) is 0 Å². The number of rotatable bonds is 1. The van der Waals surface area contributed by atoms with Crippen LogP contribution < -0.4 is 0 Å². The topological polar surface area (TPSA) is 0 Å². The standard InChI is InChI=1S/C12H9/c1-2-6-11(7-3-1)10-12-8-4-5-9-12/h1-8,10H. The van der Waals surface area contributed by atoms with Crippen LogP contribution in [0.5, 0.6) is 0 Å². The molecule has 12 heavy (non-hydrogen) atoms. The van der Waals surface area contributed by atoms with Crippen LogP contribution in [0.2, 0.25) is 0 Å². The highest BCUT2D eigenvalue weighted by molar-refractivity contribution is 5.59. The van der Waals surface area contributed by atoms with Crippen LogP contribution in [0, 0.1) is 6.08 Å². The molecule has 0 heteroatoms. The van der Waals surface area contributed by atoms with Gasteiger partial charge >= 0.3 is 0 Å². The number of hydrogen-bond donors (Lipinski definition) is 0. The molecule has 1 aromatic rings. The Morgan fingerprint density at radius 3 is 2.58 bits per heavy atom. The molecule has 0 aliphatic heterocycles. The summed E-state index contributed by atoms with van der Waals surface area (Å²) in [5.41, 5.74) is 2.36. The van der Waals surface area contributed by atoms with E-state index >= 15 is 0 Å². The fourth-order valence-electron chi connectivity index (χ4n) is 1.16. The summed E-state index contributed by atoms with van der Waals surface area (Å²) in [4.78, 5) is 0. The summed E-state index contributed by atoms with van der Waals surface area (Å²) in [5.74, 6) is 0. The quantitative estimate of drug-likeness (QED) is 0.581. The predicted octanol–water partition coefficient (Wildman–Crippen LogP) is 3.00. The molecule has 0 saturated carbocycles. The minimum Gasteiger partial charge on any atom is -0.0622 e. The van der Waals surface area contributed by atoms with E-state index in [-0.39, 0.29) is 0 Å². The van der Waals surface area contributed by atoms with Crippen LogP contribution in [0.3, 0.4) is 0 Å². The lowest BCUT2D eigenvalue weighted by molar-refractivity contribution is 1.64. The minimum absolute atomic E-state index is 1.14. The fourth-order valence-corrected chi connectivity index (χ4v) is 1.16. The van der Waals surface area contributed by atoms with Crippen molar-refractivity contribution in [3.05, 3.63) is 65.8 Å². The van der Waals surface area contributed by atoms with Crippen LogP contribution >= 0.6 is 0 Å². The van der Waals surface area contributed by atoms with Crippen molar-refractivity contribution in [1.82, 2.24) is 0 Å². The van der Waals surface area contributed by atoms with Crippen LogP contribution in [-0.4, -0.2) is 0 Å². The van der Waals surface area contributed by atoms with Gasteiger partial charge in [-0.3, -0.25) is 0 Å². The van der Waals surface area contributed by atoms with Crippen molar-refractivity contribution in [2.75, 3.05) is 0 Å². The summed E-state index contributed by atoms with van der Waals surface area (Å²) >= 11 is 0. The van der Waals surface area contributed by atoms with Gasteiger partial charge in [0.15, 0.2) is 0 Å². The second-order valence-corrected chi connectivity index (χ2v) is 2.68. The Hall–Kier alpha value is -1.56. The van der Waals surface area contributed by atoms with Gasteiger partial charge in [0.1, 0.15) is 0 Å². The normalized spacial score (nSPS) is 17.5. The molecular formula is C12H9. The molecule has 0 saturated heterocycles. The third kappa shape index (κ3) is 1.54. The average molecular weight is 153 g/mol. The lowest BCUT2D eigenvalue weighted by atomic mass is 10.1. The molecule has 0 N–H and O–H groups in total. The summed E-state index contributed by atoms with van der Waals surface area (Å²) in [5, 5.41) is 0. The second-order valence-electron chi connectivity index (χ2n) is 2.68. The summed E-state index contributed by atoms with van der Waals surface area (Å²) in [6.07, 6.45) is 11.2. The summed E-state index contributed by atoms with van der Waals surface area (Å²) in [7, 11) is 0. The zero-order valence-electron chi connectivity index (χ0n) is 6.70. The first-order chi connectivity index (χ1) is 5.95. The van der Waals surface area contributed by atoms with Gasteiger partial charge in [0.05, 0.1) is 0 Å². The smallest absolute Gasteiger partial charge is 0.0105 e. The van der Waals surface area contributed by atoms with E-state index < -0.39 is 0 Å². The highest BCUT2D eigenvalue weighted by Gasteiger charge is 1.91. The lowest BCUT2D eigenvalue weighted by Crippen LogP contribution is -1.71. The Bertz CT molecular complexity index is 326. The highest BCUT2D eigenvalue weighted by Crippen LogP contribution is 2.11. The number of allylic oxidation sites excluding steroid dienone is 5. The number of benzene rings is 1. The van der Waals surface area contributed by atoms with Crippen molar-refractivity contribution in [3.8, 4) is 0 Å². The monoisotopic (exact) mass is 153 g/mol. The molecule has 2 rings (SSSR count). The molecule has 0 amide bonds. The van der Waals surface area contributed by atoms with Gasteiger partial charge in [-0.2, -0.15) is 0 Å². The van der Waals surface area contributed by atoms with E-state index in [0.29, 0.717) is 0 Å². The first-order valence-corrected chi connectivity index (χ1v) is 3.98. The van der Waals surface area contributed by atoms with E-state index in [2.05, 4.69) is 24.3 Å². The van der Waals surface area contributed by atoms with Crippen molar-refractivity contribution in [1.29, 1.82) is 0 Å². The Morgan fingerprint density at radius 2 is 1.92 bits per heavy atom. The maximum absolute atomic E-state index is 3.13. The molecule has 0 spiro atoms. The van der Waals surface area contributed by atoms with E-state index in [1.165, 1.54) is 5.56 Å². The molecule has 1 aromatic carbocycles. The summed E-state index contributed by atoms with van der Waals surface area (Å²) in [6.45, 7) is 0. The third-order valence-electron chi connectivity index (χ3n) is 1.74. The minimum atomic E-state index is 1.14. The van der Waals surface area contributed by atoms with Gasteiger partial charge in [0.2, 0.25) is 0 Å². The SMILES string of the molecule is [C]1=CC=CC1=Cc1ccccc1. The van der Waals surface area contributed by atoms with Gasteiger partial charge in [-0.1, -0.05) is 48.6 Å². The zero-order chi connectivity index (χ0) is 8.23. The van der Waals surface area contributed by atoms with E-state index in [1.54, 1.807) is 0 Å². The molecule has 0 atom stereocenters. The van der Waals surface area contributed by atoms with Crippen LogP contribution in [0.4, 0.5) is 0 Å². The maximum atomic E-state index is 3.13. The molecular weight excluding hydrogens is 144 g/mol. The first kappa shape index (κ1) is 7.11. The first-order valence-electron chi connectivity index (χ1n) is 3.98. The molecule has 0 fully saturated rings. The van der Waals surface area contributed by atoms with E-state index in [4.69, 9.17) is 0 Å². The Morgan fingerprint density at radius 1 is 1.08 bits per heavy atom. The molecule has 0 aromatic heterocycles. The molecule has 1 aliphatic carbocycles. The van der Waals surface area contributed by atoms with Crippen molar-refractivity contribution < 1.29 is 0 Å². The molecule has 0 unspecified atom stereocenters. The molecule has 0 bridgehead atoms. The summed E-state index contributed by atoms with van der Waals surface area (Å²) < 4.78 is 0. The fraction of sp³-hybridized carbons (Fsp3) is 0. The molecule has 57 valence electrons. The van der Waals surface area contributed by atoms with E-state index in [9.17, 15) is 0 Å². The van der Waals surface area contributed by atoms with Crippen LogP contribution in [0.25, 0.3) is 6.08 Å². The third-order valence-corrected chi connectivity index (χ3v) is 1.74. The van der Waals surface area contributed by atoms with Crippen LogP contribution in [0.1, 0.15) is 5.56 Å². The highest BCUT2D eigenvalue weighted by atomic mass is 14.0. The van der Waals surface area contributed by atoms with Gasteiger partial charge < -0.3 is 0 Å². The van der Waals surface area contributed by atoms with Gasteiger partial charge in [-0.25, -0.2) is 0 Å². The lowest BCUT2D eigenvalue weighted by Gasteiger charge is -1.92. The number of hydrogen-bond acceptors (Lipinski definition) is 0. The largest absolute Gasteiger partial charge is 0.0622 e. The van der Waals surface area contributed by atoms with E-state index in [1.807, 2.05) is 36.4 Å². The summed E-state index contributed by atoms with van der Waals surface area (Å²) in [6, 6.07) is 10.3. The zero-order valence-corrected chi connectivity index (χ0v) is 6.70. The Labute approximate surface area is 72.5 Å². The van der Waals surface area contributed by atoms with Crippen molar-refractivity contribution >= 4 is 6.08 Å². The molecule has 0 nitrogen and oxygen atoms in total. The van der Waals surface area contributed by atoms with E-state index in [0.717, 1.165) is 5.57 Å². The Kier molecular flexibility index (Phi) is 1.91. The van der Waals surface area contributed by atoms with Gasteiger partial charge in [0, 0.05) is 0 Å². The van der Waals surface area contributed by atoms with Crippen molar-refractivity contribution in [2.45, 2.75) is 0 Å². The predicted molar refractivity (Wildman–Crippen MR) is 51.4 cm³/mol. The van der Waals surface area contributed by atoms with Gasteiger partial charge in [-0.05, 0) is 23.3 Å². The van der Waals surface area contributed by atoms with Crippen molar-refractivity contribution in [3.63, 3.8) is 0 Å².